The van der Waals surface area contributed by atoms with Gasteiger partial charge in [0.05, 0.1) is 17.4 Å². The summed E-state index contributed by atoms with van der Waals surface area (Å²) >= 11 is 5.74. The first-order valence-corrected chi connectivity index (χ1v) is 8.84. The summed E-state index contributed by atoms with van der Waals surface area (Å²) in [6, 6.07) is 4.82. The SMILES string of the molecule is CC(Cn1nc(C(F)(F)F)cc1C1CC1)C(=O)Nc1ccc(Cl)cc1[N+](=O)[O-]. The molecular weight excluding hydrogens is 401 g/mol. The number of anilines is 1. The van der Waals surface area contributed by atoms with Gasteiger partial charge in [-0.3, -0.25) is 19.6 Å². The molecule has 1 aliphatic carbocycles. The van der Waals surface area contributed by atoms with Gasteiger partial charge >= 0.3 is 6.18 Å². The van der Waals surface area contributed by atoms with Crippen molar-refractivity contribution < 1.29 is 22.9 Å². The fraction of sp³-hybridized carbons (Fsp3) is 0.412. The van der Waals surface area contributed by atoms with Gasteiger partial charge in [0.15, 0.2) is 5.69 Å². The molecule has 1 atom stereocenters. The lowest BCUT2D eigenvalue weighted by molar-refractivity contribution is -0.383. The van der Waals surface area contributed by atoms with Crippen LogP contribution in [0.25, 0.3) is 0 Å². The fourth-order valence-corrected chi connectivity index (χ4v) is 2.95. The third kappa shape index (κ3) is 4.44. The second kappa shape index (κ2) is 7.42. The van der Waals surface area contributed by atoms with Gasteiger partial charge in [0.2, 0.25) is 5.91 Å². The molecule has 1 fully saturated rings. The van der Waals surface area contributed by atoms with E-state index in [0.717, 1.165) is 25.0 Å². The molecule has 0 aliphatic heterocycles. The molecule has 1 aromatic carbocycles. The van der Waals surface area contributed by atoms with Crippen LogP contribution in [0.4, 0.5) is 24.5 Å². The lowest BCUT2D eigenvalue weighted by atomic mass is 10.1. The van der Waals surface area contributed by atoms with Crippen LogP contribution in [0, 0.1) is 16.0 Å². The third-order valence-corrected chi connectivity index (χ3v) is 4.64. The minimum absolute atomic E-state index is 0.0104. The largest absolute Gasteiger partial charge is 0.435 e. The van der Waals surface area contributed by atoms with Crippen LogP contribution in [0.1, 0.15) is 37.1 Å². The third-order valence-electron chi connectivity index (χ3n) is 4.41. The lowest BCUT2D eigenvalue weighted by Gasteiger charge is -2.14. The quantitative estimate of drug-likeness (QED) is 0.549. The molecule has 1 amide bonds. The molecule has 1 aliphatic rings. The molecule has 2 aromatic rings. The summed E-state index contributed by atoms with van der Waals surface area (Å²) in [6.07, 6.45) is -3.01. The van der Waals surface area contributed by atoms with Gasteiger partial charge in [-0.05, 0) is 31.0 Å². The summed E-state index contributed by atoms with van der Waals surface area (Å²) in [5.41, 5.74) is -0.949. The Bertz CT molecular complexity index is 925. The zero-order valence-electron chi connectivity index (χ0n) is 14.7. The van der Waals surface area contributed by atoms with Gasteiger partial charge in [0.25, 0.3) is 5.69 Å². The Balaban J connectivity index is 1.77. The normalized spacial score (nSPS) is 15.3. The van der Waals surface area contributed by atoms with E-state index in [1.165, 1.54) is 23.7 Å². The summed E-state index contributed by atoms with van der Waals surface area (Å²) in [7, 11) is 0. The van der Waals surface area contributed by atoms with Crippen molar-refractivity contribution in [2.45, 2.75) is 38.4 Å². The number of nitrogens with zero attached hydrogens (tertiary/aromatic N) is 3. The smallest absolute Gasteiger partial charge is 0.320 e. The van der Waals surface area contributed by atoms with E-state index in [2.05, 4.69) is 10.4 Å². The Labute approximate surface area is 162 Å². The molecule has 1 heterocycles. The molecule has 0 spiro atoms. The molecule has 1 aromatic heterocycles. The molecule has 150 valence electrons. The predicted molar refractivity (Wildman–Crippen MR) is 95.1 cm³/mol. The number of benzene rings is 1. The Morgan fingerprint density at radius 2 is 2.11 bits per heavy atom. The summed E-state index contributed by atoms with van der Waals surface area (Å²) in [6.45, 7) is 1.44. The molecule has 11 heteroatoms. The van der Waals surface area contributed by atoms with Gasteiger partial charge in [-0.2, -0.15) is 18.3 Å². The van der Waals surface area contributed by atoms with Gasteiger partial charge in [-0.1, -0.05) is 18.5 Å². The number of nitro benzene ring substituents is 1. The van der Waals surface area contributed by atoms with Crippen LogP contribution in [-0.4, -0.2) is 20.6 Å². The Hall–Kier alpha value is -2.62. The van der Waals surface area contributed by atoms with Crippen molar-refractivity contribution >= 4 is 28.9 Å². The highest BCUT2D eigenvalue weighted by Gasteiger charge is 2.38. The molecule has 1 N–H and O–H groups in total. The van der Waals surface area contributed by atoms with Crippen LogP contribution in [0.2, 0.25) is 5.02 Å². The lowest BCUT2D eigenvalue weighted by Crippen LogP contribution is -2.26. The highest BCUT2D eigenvalue weighted by Crippen LogP contribution is 2.42. The average Bonchev–Trinajstić information content (AvgIpc) is 3.35. The van der Waals surface area contributed by atoms with Crippen LogP contribution < -0.4 is 5.32 Å². The maximum absolute atomic E-state index is 13.0. The van der Waals surface area contributed by atoms with Crippen LogP contribution in [0.5, 0.6) is 0 Å². The summed E-state index contributed by atoms with van der Waals surface area (Å²) < 4.78 is 40.1. The molecule has 0 bridgehead atoms. The first-order valence-electron chi connectivity index (χ1n) is 8.46. The molecule has 1 saturated carbocycles. The van der Waals surface area contributed by atoms with Crippen molar-refractivity contribution in [3.63, 3.8) is 0 Å². The minimum atomic E-state index is -4.57. The van der Waals surface area contributed by atoms with Crippen molar-refractivity contribution in [3.8, 4) is 0 Å². The van der Waals surface area contributed by atoms with E-state index in [-0.39, 0.29) is 28.9 Å². The number of amides is 1. The molecule has 0 saturated heterocycles. The van der Waals surface area contributed by atoms with E-state index < -0.39 is 28.6 Å². The van der Waals surface area contributed by atoms with E-state index in [1.54, 1.807) is 0 Å². The van der Waals surface area contributed by atoms with Crippen molar-refractivity contribution in [2.75, 3.05) is 5.32 Å². The number of halogens is 4. The number of nitrogens with one attached hydrogen (secondary N) is 1. The van der Waals surface area contributed by atoms with E-state index in [9.17, 15) is 28.1 Å². The molecule has 1 unspecified atom stereocenters. The fourth-order valence-electron chi connectivity index (χ4n) is 2.78. The van der Waals surface area contributed by atoms with Crippen molar-refractivity contribution in [2.24, 2.45) is 5.92 Å². The Kier molecular flexibility index (Phi) is 5.33. The van der Waals surface area contributed by atoms with E-state index in [1.807, 2.05) is 0 Å². The summed E-state index contributed by atoms with van der Waals surface area (Å²) in [5, 5.41) is 17.3. The standard InChI is InChI=1S/C17H16ClF3N4O3/c1-9(16(26)22-12-5-4-11(18)6-14(12)25(27)28)8-24-13(10-2-3-10)7-15(23-24)17(19,20)21/h4-7,9-10H,2-3,8H2,1H3,(H,22,26). The highest BCUT2D eigenvalue weighted by atomic mass is 35.5. The number of hydrogen-bond donors (Lipinski definition) is 1. The average molecular weight is 417 g/mol. The summed E-state index contributed by atoms with van der Waals surface area (Å²) in [5.74, 6) is -1.33. The van der Waals surface area contributed by atoms with Gasteiger partial charge in [0.1, 0.15) is 5.69 Å². The van der Waals surface area contributed by atoms with Gasteiger partial charge in [0, 0.05) is 22.7 Å². The number of hydrogen-bond acceptors (Lipinski definition) is 4. The second-order valence-corrected chi connectivity index (χ2v) is 7.15. The predicted octanol–water partition coefficient (Wildman–Crippen LogP) is 4.62. The first-order chi connectivity index (χ1) is 13.1. The molecule has 7 nitrogen and oxygen atoms in total. The van der Waals surface area contributed by atoms with E-state index >= 15 is 0 Å². The van der Waals surface area contributed by atoms with Crippen molar-refractivity contribution in [1.82, 2.24) is 9.78 Å². The number of rotatable bonds is 6. The number of alkyl halides is 3. The van der Waals surface area contributed by atoms with E-state index in [0.29, 0.717) is 5.69 Å². The number of nitro groups is 1. The Morgan fingerprint density at radius 1 is 1.43 bits per heavy atom. The highest BCUT2D eigenvalue weighted by molar-refractivity contribution is 6.31. The molecule has 3 rings (SSSR count). The van der Waals surface area contributed by atoms with Crippen LogP contribution >= 0.6 is 11.6 Å². The van der Waals surface area contributed by atoms with Crippen LogP contribution in [0.15, 0.2) is 24.3 Å². The van der Waals surface area contributed by atoms with E-state index in [4.69, 9.17) is 11.6 Å². The molecule has 28 heavy (non-hydrogen) atoms. The summed E-state index contributed by atoms with van der Waals surface area (Å²) in [4.78, 5) is 22.9. The minimum Gasteiger partial charge on any atom is -0.320 e. The number of carbonyl (C=O) groups excluding carboxylic acids is 1. The van der Waals surface area contributed by atoms with Gasteiger partial charge < -0.3 is 5.32 Å². The van der Waals surface area contributed by atoms with Gasteiger partial charge in [-0.15, -0.1) is 0 Å². The maximum Gasteiger partial charge on any atom is 0.435 e. The number of aromatic nitrogens is 2. The zero-order chi connectivity index (χ0) is 20.6. The monoisotopic (exact) mass is 416 g/mol. The van der Waals surface area contributed by atoms with Crippen LogP contribution in [0.3, 0.4) is 0 Å². The Morgan fingerprint density at radius 3 is 2.68 bits per heavy atom. The van der Waals surface area contributed by atoms with Crippen LogP contribution in [-0.2, 0) is 17.5 Å². The second-order valence-electron chi connectivity index (χ2n) is 6.72. The molecule has 0 radical (unpaired) electrons. The maximum atomic E-state index is 13.0. The van der Waals surface area contributed by atoms with Gasteiger partial charge in [-0.25, -0.2) is 0 Å². The van der Waals surface area contributed by atoms with Crippen molar-refractivity contribution in [1.29, 1.82) is 0 Å². The zero-order valence-corrected chi connectivity index (χ0v) is 15.4. The topological polar surface area (TPSA) is 90.1 Å². The van der Waals surface area contributed by atoms with Crippen molar-refractivity contribution in [3.05, 3.63) is 50.8 Å². The molecular formula is C17H16ClF3N4O3. The first kappa shape index (κ1) is 20.1. The number of carbonyl (C=O) groups is 1.